The molecule has 1 N–H and O–H groups in total. The van der Waals surface area contributed by atoms with Gasteiger partial charge in [0.15, 0.2) is 0 Å². The standard InChI is InChI=1S/C30H32N2O3/c1-19(33)18-29(2)23-11-4-5-13-25(23)32(28(29)34)21-14-16-31(17-15-21)27-22-10-6-8-20-9-7-12-24(26(20)22)30(27,3)35/h4-13,21,27,35H,14-18H2,1-3H3/t27-,29?,30-/m0/s1. The molecule has 1 amide bonds. The molecule has 35 heavy (non-hydrogen) atoms. The van der Waals surface area contributed by atoms with Crippen molar-refractivity contribution in [3.8, 4) is 0 Å². The van der Waals surface area contributed by atoms with E-state index >= 15 is 0 Å². The van der Waals surface area contributed by atoms with Crippen LogP contribution >= 0.6 is 0 Å². The molecule has 5 nitrogen and oxygen atoms in total. The summed E-state index contributed by atoms with van der Waals surface area (Å²) in [5.41, 5.74) is 2.34. The zero-order valence-corrected chi connectivity index (χ0v) is 20.6. The number of aliphatic hydroxyl groups is 1. The fourth-order valence-electron chi connectivity index (χ4n) is 7.10. The first kappa shape index (κ1) is 22.4. The molecule has 0 radical (unpaired) electrons. The van der Waals surface area contributed by atoms with Crippen LogP contribution in [0, 0.1) is 0 Å². The van der Waals surface area contributed by atoms with Crippen LogP contribution in [-0.4, -0.2) is 40.8 Å². The summed E-state index contributed by atoms with van der Waals surface area (Å²) in [6.07, 6.45) is 1.88. The van der Waals surface area contributed by atoms with Crippen LogP contribution in [0.25, 0.3) is 10.8 Å². The Morgan fingerprint density at radius 1 is 0.971 bits per heavy atom. The van der Waals surface area contributed by atoms with Gasteiger partial charge in [0.1, 0.15) is 11.4 Å². The largest absolute Gasteiger partial charge is 0.383 e. The molecule has 3 atom stereocenters. The Kier molecular flexibility index (Phi) is 4.96. The number of carbonyl (C=O) groups is 2. The van der Waals surface area contributed by atoms with Gasteiger partial charge in [-0.25, -0.2) is 0 Å². The minimum atomic E-state index is -0.966. The number of hydrogen-bond acceptors (Lipinski definition) is 4. The molecule has 3 aromatic rings. The second kappa shape index (κ2) is 7.74. The van der Waals surface area contributed by atoms with Gasteiger partial charge in [0.05, 0.1) is 11.5 Å². The molecule has 0 aromatic heterocycles. The molecule has 1 saturated heterocycles. The normalized spacial score (nSPS) is 28.6. The number of ketones is 1. The van der Waals surface area contributed by atoms with Gasteiger partial charge in [-0.1, -0.05) is 54.6 Å². The van der Waals surface area contributed by atoms with Gasteiger partial charge in [0.2, 0.25) is 5.91 Å². The molecule has 0 bridgehead atoms. The maximum atomic E-state index is 13.8. The number of hydrogen-bond donors (Lipinski definition) is 1. The summed E-state index contributed by atoms with van der Waals surface area (Å²) in [6, 6.07) is 20.5. The second-order valence-corrected chi connectivity index (χ2v) is 11.0. The lowest BCUT2D eigenvalue weighted by Crippen LogP contribution is -2.51. The fraction of sp³-hybridized carbons (Fsp3) is 0.400. The number of para-hydroxylation sites is 1. The molecular formula is C30H32N2O3. The summed E-state index contributed by atoms with van der Waals surface area (Å²) in [5, 5.41) is 14.1. The minimum Gasteiger partial charge on any atom is -0.383 e. The minimum absolute atomic E-state index is 0.0320. The van der Waals surface area contributed by atoms with Crippen LogP contribution < -0.4 is 4.90 Å². The summed E-state index contributed by atoms with van der Waals surface area (Å²) in [7, 11) is 0. The van der Waals surface area contributed by atoms with E-state index in [2.05, 4.69) is 29.2 Å². The van der Waals surface area contributed by atoms with Crippen molar-refractivity contribution >= 4 is 28.2 Å². The van der Waals surface area contributed by atoms with Crippen molar-refractivity contribution < 1.29 is 14.7 Å². The SMILES string of the molecule is CC(=O)CC1(C)C(=O)N(C2CCN([C@H]3c4cccc5cccc(c45)[C@]3(C)O)CC2)c2ccccc21. The van der Waals surface area contributed by atoms with E-state index in [9.17, 15) is 14.7 Å². The number of anilines is 1. The maximum absolute atomic E-state index is 13.8. The number of likely N-dealkylation sites (tertiary alicyclic amines) is 1. The van der Waals surface area contributed by atoms with Crippen molar-refractivity contribution in [3.63, 3.8) is 0 Å². The van der Waals surface area contributed by atoms with E-state index in [4.69, 9.17) is 0 Å². The lowest BCUT2D eigenvalue weighted by molar-refractivity contribution is -0.127. The van der Waals surface area contributed by atoms with Crippen LogP contribution in [-0.2, 0) is 20.6 Å². The summed E-state index contributed by atoms with van der Waals surface area (Å²) in [4.78, 5) is 30.2. The molecule has 180 valence electrons. The van der Waals surface area contributed by atoms with E-state index in [0.29, 0.717) is 0 Å². The van der Waals surface area contributed by atoms with Gasteiger partial charge in [0.25, 0.3) is 0 Å². The van der Waals surface area contributed by atoms with E-state index < -0.39 is 11.0 Å². The van der Waals surface area contributed by atoms with Crippen LogP contribution in [0.2, 0.25) is 0 Å². The monoisotopic (exact) mass is 468 g/mol. The van der Waals surface area contributed by atoms with Crippen molar-refractivity contribution in [3.05, 3.63) is 77.4 Å². The first-order valence-corrected chi connectivity index (χ1v) is 12.6. The highest BCUT2D eigenvalue weighted by molar-refractivity contribution is 6.10. The zero-order chi connectivity index (χ0) is 24.5. The van der Waals surface area contributed by atoms with Gasteiger partial charge in [-0.2, -0.15) is 0 Å². The molecule has 1 aliphatic carbocycles. The number of nitrogens with zero attached hydrogens (tertiary/aromatic N) is 2. The number of piperidine rings is 1. The number of amides is 1. The van der Waals surface area contributed by atoms with Crippen molar-refractivity contribution in [1.29, 1.82) is 0 Å². The van der Waals surface area contributed by atoms with Gasteiger partial charge in [0, 0.05) is 31.2 Å². The molecular weight excluding hydrogens is 436 g/mol. The first-order valence-electron chi connectivity index (χ1n) is 12.6. The number of fused-ring (bicyclic) bond motifs is 1. The van der Waals surface area contributed by atoms with Crippen molar-refractivity contribution in [1.82, 2.24) is 4.90 Å². The van der Waals surface area contributed by atoms with Gasteiger partial charge in [-0.05, 0) is 67.1 Å². The van der Waals surface area contributed by atoms with Crippen LogP contribution in [0.15, 0.2) is 60.7 Å². The molecule has 0 spiro atoms. The number of benzene rings is 3. The summed E-state index contributed by atoms with van der Waals surface area (Å²) in [5.74, 6) is 0.0712. The van der Waals surface area contributed by atoms with Crippen LogP contribution in [0.4, 0.5) is 5.69 Å². The fourth-order valence-corrected chi connectivity index (χ4v) is 7.10. The molecule has 1 fully saturated rings. The molecule has 1 unspecified atom stereocenters. The van der Waals surface area contributed by atoms with Gasteiger partial charge in [-0.3, -0.25) is 14.5 Å². The van der Waals surface area contributed by atoms with E-state index in [1.165, 1.54) is 16.3 Å². The van der Waals surface area contributed by atoms with Gasteiger partial charge in [-0.15, -0.1) is 0 Å². The number of Topliss-reactive ketones (excluding diaryl/α,β-unsaturated/α-hetero) is 1. The summed E-state index contributed by atoms with van der Waals surface area (Å²) < 4.78 is 0. The average Bonchev–Trinajstić information content (AvgIpc) is 3.20. The molecule has 3 aromatic carbocycles. The lowest BCUT2D eigenvalue weighted by Gasteiger charge is -2.43. The van der Waals surface area contributed by atoms with Gasteiger partial charge >= 0.3 is 0 Å². The van der Waals surface area contributed by atoms with Crippen molar-refractivity contribution in [2.75, 3.05) is 18.0 Å². The Labute approximate surface area is 206 Å². The van der Waals surface area contributed by atoms with Gasteiger partial charge < -0.3 is 10.0 Å². The third-order valence-electron chi connectivity index (χ3n) is 8.59. The van der Waals surface area contributed by atoms with Crippen molar-refractivity contribution in [2.45, 2.75) is 63.1 Å². The molecule has 2 heterocycles. The Morgan fingerprint density at radius 3 is 2.34 bits per heavy atom. The predicted octanol–water partition coefficient (Wildman–Crippen LogP) is 4.85. The first-order chi connectivity index (χ1) is 16.7. The quantitative estimate of drug-likeness (QED) is 0.595. The Morgan fingerprint density at radius 2 is 1.63 bits per heavy atom. The second-order valence-electron chi connectivity index (χ2n) is 11.0. The van der Waals surface area contributed by atoms with E-state index in [1.54, 1.807) is 6.92 Å². The Hall–Kier alpha value is -3.02. The topological polar surface area (TPSA) is 60.9 Å². The Balaban J connectivity index is 1.28. The highest BCUT2D eigenvalue weighted by Crippen LogP contribution is 2.52. The van der Waals surface area contributed by atoms with Crippen LogP contribution in [0.1, 0.15) is 62.8 Å². The summed E-state index contributed by atoms with van der Waals surface area (Å²) in [6.45, 7) is 7.01. The number of carbonyl (C=O) groups excluding carboxylic acids is 2. The maximum Gasteiger partial charge on any atom is 0.238 e. The highest BCUT2D eigenvalue weighted by atomic mass is 16.3. The van der Waals surface area contributed by atoms with Crippen molar-refractivity contribution in [2.24, 2.45) is 0 Å². The smallest absolute Gasteiger partial charge is 0.238 e. The van der Waals surface area contributed by atoms with E-state index in [-0.39, 0.29) is 30.2 Å². The molecule has 5 heteroatoms. The molecule has 2 aliphatic heterocycles. The van der Waals surface area contributed by atoms with E-state index in [0.717, 1.165) is 42.7 Å². The summed E-state index contributed by atoms with van der Waals surface area (Å²) >= 11 is 0. The van der Waals surface area contributed by atoms with Crippen LogP contribution in [0.3, 0.4) is 0 Å². The number of rotatable bonds is 4. The third-order valence-corrected chi connectivity index (χ3v) is 8.59. The van der Waals surface area contributed by atoms with Crippen LogP contribution in [0.5, 0.6) is 0 Å². The zero-order valence-electron chi connectivity index (χ0n) is 20.6. The average molecular weight is 469 g/mol. The lowest BCUT2D eigenvalue weighted by atomic mass is 9.79. The molecule has 0 saturated carbocycles. The van der Waals surface area contributed by atoms with E-state index in [1.807, 2.05) is 55.1 Å². The molecule has 3 aliphatic rings. The Bertz CT molecular complexity index is 1350. The highest BCUT2D eigenvalue weighted by Gasteiger charge is 2.51. The molecule has 6 rings (SSSR count). The third kappa shape index (κ3) is 3.14. The predicted molar refractivity (Wildman–Crippen MR) is 137 cm³/mol.